The van der Waals surface area contributed by atoms with Crippen LogP contribution < -0.4 is 10.6 Å². The van der Waals surface area contributed by atoms with Crippen LogP contribution >= 0.6 is 0 Å². The van der Waals surface area contributed by atoms with Gasteiger partial charge in [-0.15, -0.1) is 0 Å². The molecule has 1 aliphatic rings. The zero-order valence-electron chi connectivity index (χ0n) is 12.6. The predicted octanol–water partition coefficient (Wildman–Crippen LogP) is 2.66. The molecule has 1 fully saturated rings. The number of hydrogen-bond acceptors (Lipinski definition) is 2. The monoisotopic (exact) mass is 270 g/mol. The quantitative estimate of drug-likeness (QED) is 0.695. The molecule has 0 spiro atoms. The van der Waals surface area contributed by atoms with E-state index < -0.39 is 0 Å². The van der Waals surface area contributed by atoms with Crippen molar-refractivity contribution >= 4 is 6.03 Å². The van der Waals surface area contributed by atoms with E-state index in [1.165, 1.54) is 32.1 Å². The van der Waals surface area contributed by atoms with Crippen LogP contribution in [0.5, 0.6) is 0 Å². The molecule has 1 saturated carbocycles. The SMILES string of the molecule is CC(C)C(CCO)NC(=O)NC(C)C1CCCCC1. The molecule has 2 unspecified atom stereocenters. The Balaban J connectivity index is 2.35. The van der Waals surface area contributed by atoms with Crippen molar-refractivity contribution in [1.82, 2.24) is 10.6 Å². The van der Waals surface area contributed by atoms with E-state index in [9.17, 15) is 4.79 Å². The normalized spacial score (nSPS) is 20.1. The lowest BCUT2D eigenvalue weighted by Gasteiger charge is -2.29. The van der Waals surface area contributed by atoms with E-state index >= 15 is 0 Å². The molecule has 112 valence electrons. The predicted molar refractivity (Wildman–Crippen MR) is 78.0 cm³/mol. The van der Waals surface area contributed by atoms with Crippen LogP contribution in [0.15, 0.2) is 0 Å². The highest BCUT2D eigenvalue weighted by molar-refractivity contribution is 5.74. The first-order valence-electron chi connectivity index (χ1n) is 7.72. The molecule has 4 nitrogen and oxygen atoms in total. The molecule has 2 atom stereocenters. The third kappa shape index (κ3) is 5.81. The number of rotatable bonds is 6. The van der Waals surface area contributed by atoms with Crippen LogP contribution in [0.3, 0.4) is 0 Å². The van der Waals surface area contributed by atoms with Crippen molar-refractivity contribution in [2.75, 3.05) is 6.61 Å². The Hall–Kier alpha value is -0.770. The average Bonchev–Trinajstić information content (AvgIpc) is 2.39. The maximum atomic E-state index is 12.0. The van der Waals surface area contributed by atoms with Gasteiger partial charge in [-0.05, 0) is 38.0 Å². The topological polar surface area (TPSA) is 61.4 Å². The summed E-state index contributed by atoms with van der Waals surface area (Å²) in [4.78, 5) is 12.0. The Morgan fingerprint density at radius 3 is 2.32 bits per heavy atom. The van der Waals surface area contributed by atoms with Crippen LogP contribution in [0.2, 0.25) is 0 Å². The summed E-state index contributed by atoms with van der Waals surface area (Å²) in [6, 6.07) is 0.191. The van der Waals surface area contributed by atoms with Gasteiger partial charge in [0.1, 0.15) is 0 Å². The van der Waals surface area contributed by atoms with Crippen molar-refractivity contribution in [3.05, 3.63) is 0 Å². The molecule has 3 N–H and O–H groups in total. The third-order valence-corrected chi connectivity index (χ3v) is 4.28. The van der Waals surface area contributed by atoms with Crippen LogP contribution in [-0.2, 0) is 0 Å². The summed E-state index contributed by atoms with van der Waals surface area (Å²) >= 11 is 0. The first-order chi connectivity index (χ1) is 9.04. The van der Waals surface area contributed by atoms with Crippen molar-refractivity contribution < 1.29 is 9.90 Å². The number of amides is 2. The first-order valence-corrected chi connectivity index (χ1v) is 7.72. The summed E-state index contributed by atoms with van der Waals surface area (Å²) in [5, 5.41) is 15.1. The van der Waals surface area contributed by atoms with Gasteiger partial charge in [0.2, 0.25) is 0 Å². The van der Waals surface area contributed by atoms with Crippen LogP contribution in [0, 0.1) is 11.8 Å². The minimum atomic E-state index is -0.0924. The second-order valence-electron chi connectivity index (χ2n) is 6.17. The maximum absolute atomic E-state index is 12.0. The number of urea groups is 1. The molecular formula is C15H30N2O2. The van der Waals surface area contributed by atoms with Crippen LogP contribution in [0.1, 0.15) is 59.3 Å². The molecule has 2 amide bonds. The van der Waals surface area contributed by atoms with Gasteiger partial charge in [-0.1, -0.05) is 33.1 Å². The lowest BCUT2D eigenvalue weighted by atomic mass is 9.84. The van der Waals surface area contributed by atoms with Crippen molar-refractivity contribution in [3.8, 4) is 0 Å². The zero-order valence-corrected chi connectivity index (χ0v) is 12.6. The Morgan fingerprint density at radius 1 is 1.16 bits per heavy atom. The second-order valence-corrected chi connectivity index (χ2v) is 6.17. The van der Waals surface area contributed by atoms with Gasteiger partial charge in [0.05, 0.1) is 0 Å². The summed E-state index contributed by atoms with van der Waals surface area (Å²) in [6.45, 7) is 6.34. The minimum Gasteiger partial charge on any atom is -0.396 e. The second kappa shape index (κ2) is 8.41. The summed E-state index contributed by atoms with van der Waals surface area (Å²) in [7, 11) is 0. The number of aliphatic hydroxyl groups is 1. The van der Waals surface area contributed by atoms with E-state index in [2.05, 4.69) is 31.4 Å². The standard InChI is InChI=1S/C15H30N2O2/c1-11(2)14(9-10-18)17-15(19)16-12(3)13-7-5-4-6-8-13/h11-14,18H,4-10H2,1-3H3,(H2,16,17,19). The van der Waals surface area contributed by atoms with Crippen LogP contribution in [0.4, 0.5) is 4.79 Å². The van der Waals surface area contributed by atoms with Gasteiger partial charge < -0.3 is 15.7 Å². The van der Waals surface area contributed by atoms with Crippen molar-refractivity contribution in [2.24, 2.45) is 11.8 Å². The van der Waals surface area contributed by atoms with E-state index in [-0.39, 0.29) is 24.7 Å². The summed E-state index contributed by atoms with van der Waals surface area (Å²) in [5.74, 6) is 0.956. The summed E-state index contributed by atoms with van der Waals surface area (Å²) in [5.41, 5.74) is 0. The molecule has 0 heterocycles. The van der Waals surface area contributed by atoms with Crippen molar-refractivity contribution in [3.63, 3.8) is 0 Å². The molecule has 1 rings (SSSR count). The van der Waals surface area contributed by atoms with Crippen molar-refractivity contribution in [1.29, 1.82) is 0 Å². The number of nitrogens with one attached hydrogen (secondary N) is 2. The Morgan fingerprint density at radius 2 is 1.79 bits per heavy atom. The lowest BCUT2D eigenvalue weighted by molar-refractivity contribution is 0.208. The minimum absolute atomic E-state index is 0.0450. The zero-order chi connectivity index (χ0) is 14.3. The molecule has 0 bridgehead atoms. The van der Waals surface area contributed by atoms with E-state index in [0.717, 1.165) is 0 Å². The Labute approximate surface area is 117 Å². The van der Waals surface area contributed by atoms with E-state index in [4.69, 9.17) is 5.11 Å². The molecule has 0 radical (unpaired) electrons. The fourth-order valence-corrected chi connectivity index (χ4v) is 2.88. The molecule has 19 heavy (non-hydrogen) atoms. The number of carbonyl (C=O) groups is 1. The van der Waals surface area contributed by atoms with Gasteiger partial charge in [0, 0.05) is 18.7 Å². The molecule has 4 heteroatoms. The lowest BCUT2D eigenvalue weighted by Crippen LogP contribution is -2.49. The van der Waals surface area contributed by atoms with Gasteiger partial charge in [0.25, 0.3) is 0 Å². The first kappa shape index (κ1) is 16.3. The maximum Gasteiger partial charge on any atom is 0.315 e. The van der Waals surface area contributed by atoms with Gasteiger partial charge >= 0.3 is 6.03 Å². The van der Waals surface area contributed by atoms with Crippen molar-refractivity contribution in [2.45, 2.75) is 71.4 Å². The largest absolute Gasteiger partial charge is 0.396 e. The van der Waals surface area contributed by atoms with Gasteiger partial charge in [0.15, 0.2) is 0 Å². The van der Waals surface area contributed by atoms with E-state index in [1.807, 2.05) is 0 Å². The number of carbonyl (C=O) groups excluding carboxylic acids is 1. The molecule has 1 aliphatic carbocycles. The Bertz CT molecular complexity index is 263. The fraction of sp³-hybridized carbons (Fsp3) is 0.933. The van der Waals surface area contributed by atoms with Crippen LogP contribution in [0.25, 0.3) is 0 Å². The van der Waals surface area contributed by atoms with E-state index in [0.29, 0.717) is 18.3 Å². The van der Waals surface area contributed by atoms with Gasteiger partial charge in [-0.3, -0.25) is 0 Å². The molecule has 0 aromatic rings. The Kier molecular flexibility index (Phi) is 7.21. The highest BCUT2D eigenvalue weighted by Crippen LogP contribution is 2.26. The number of hydrogen-bond donors (Lipinski definition) is 3. The molecule has 0 aromatic carbocycles. The van der Waals surface area contributed by atoms with Gasteiger partial charge in [-0.25, -0.2) is 4.79 Å². The van der Waals surface area contributed by atoms with Gasteiger partial charge in [-0.2, -0.15) is 0 Å². The fourth-order valence-electron chi connectivity index (χ4n) is 2.88. The average molecular weight is 270 g/mol. The third-order valence-electron chi connectivity index (χ3n) is 4.28. The highest BCUT2D eigenvalue weighted by Gasteiger charge is 2.22. The highest BCUT2D eigenvalue weighted by atomic mass is 16.3. The smallest absolute Gasteiger partial charge is 0.315 e. The van der Waals surface area contributed by atoms with Crippen LogP contribution in [-0.4, -0.2) is 29.8 Å². The molecule has 0 saturated heterocycles. The summed E-state index contributed by atoms with van der Waals surface area (Å²) < 4.78 is 0. The molecule has 0 aliphatic heterocycles. The summed E-state index contributed by atoms with van der Waals surface area (Å²) in [6.07, 6.45) is 6.98. The molecule has 0 aromatic heterocycles. The van der Waals surface area contributed by atoms with E-state index in [1.54, 1.807) is 0 Å². The molecular weight excluding hydrogens is 240 g/mol. The number of aliphatic hydroxyl groups excluding tert-OH is 1.